The van der Waals surface area contributed by atoms with Crippen molar-refractivity contribution < 1.29 is 14.2 Å². The highest BCUT2D eigenvalue weighted by Crippen LogP contribution is 2.10. The zero-order valence-corrected chi connectivity index (χ0v) is 18.0. The van der Waals surface area contributed by atoms with Crippen molar-refractivity contribution in [3.63, 3.8) is 0 Å². The second-order valence-electron chi connectivity index (χ2n) is 4.34. The molecule has 0 unspecified atom stereocenters. The van der Waals surface area contributed by atoms with Crippen molar-refractivity contribution in [3.8, 4) is 5.75 Å². The van der Waals surface area contributed by atoms with E-state index in [1.54, 1.807) is 14.2 Å². The first kappa shape index (κ1) is 29.0. The van der Waals surface area contributed by atoms with Gasteiger partial charge in [-0.15, -0.1) is 0 Å². The van der Waals surface area contributed by atoms with Gasteiger partial charge in [-0.25, -0.2) is 0 Å². The largest absolute Gasteiger partial charge is 0.497 e. The lowest BCUT2D eigenvalue weighted by atomic mass is 10.2. The van der Waals surface area contributed by atoms with Crippen molar-refractivity contribution >= 4 is 0 Å². The number of allylic oxidation sites excluding steroid dienone is 2. The molecule has 0 aliphatic rings. The van der Waals surface area contributed by atoms with E-state index in [1.165, 1.54) is 12.6 Å². The Hall–Kier alpha value is -1.82. The molecule has 0 amide bonds. The molecule has 152 valence electrons. The summed E-state index contributed by atoms with van der Waals surface area (Å²) >= 11 is 0. The summed E-state index contributed by atoms with van der Waals surface area (Å²) in [7, 11) is 6.76. The van der Waals surface area contributed by atoms with E-state index in [0.29, 0.717) is 6.61 Å². The molecule has 0 heterocycles. The van der Waals surface area contributed by atoms with Gasteiger partial charge in [0.05, 0.1) is 20.8 Å². The topological polar surface area (TPSA) is 65.7 Å². The molecule has 0 fully saturated rings. The predicted octanol–water partition coefficient (Wildman–Crippen LogP) is 4.15. The maximum absolute atomic E-state index is 5.10. The van der Waals surface area contributed by atoms with Crippen LogP contribution in [0.5, 0.6) is 5.75 Å². The summed E-state index contributed by atoms with van der Waals surface area (Å²) in [6.07, 6.45) is 5.74. The van der Waals surface area contributed by atoms with Gasteiger partial charge in [-0.3, -0.25) is 0 Å². The maximum Gasteiger partial charge on any atom is 0.118 e. The lowest BCUT2D eigenvalue weighted by Gasteiger charge is -2.01. The van der Waals surface area contributed by atoms with E-state index in [2.05, 4.69) is 23.2 Å². The first-order valence-corrected chi connectivity index (χ1v) is 9.01. The Labute approximate surface area is 161 Å². The van der Waals surface area contributed by atoms with Crippen LogP contribution in [0, 0.1) is 0 Å². The van der Waals surface area contributed by atoms with E-state index in [-0.39, 0.29) is 0 Å². The van der Waals surface area contributed by atoms with Gasteiger partial charge in [0, 0.05) is 13.2 Å². The van der Waals surface area contributed by atoms with Gasteiger partial charge in [0.25, 0.3) is 0 Å². The summed E-state index contributed by atoms with van der Waals surface area (Å²) in [5, 5.41) is 3.08. The number of hydrogen-bond acceptors (Lipinski definition) is 5. The predicted molar refractivity (Wildman–Crippen MR) is 114 cm³/mol. The molecular formula is C21H40N2O3. The normalized spacial score (nSPS) is 9.81. The Kier molecular flexibility index (Phi) is 28.3. The average molecular weight is 369 g/mol. The molecule has 5 heteroatoms. The molecule has 0 spiro atoms. The Morgan fingerprint density at radius 3 is 2.08 bits per heavy atom. The monoisotopic (exact) mass is 368 g/mol. The number of methoxy groups -OCH3 is 2. The van der Waals surface area contributed by atoms with Crippen molar-refractivity contribution in [2.75, 3.05) is 41.5 Å². The van der Waals surface area contributed by atoms with E-state index in [4.69, 9.17) is 14.2 Å². The molecule has 1 aromatic rings. The van der Waals surface area contributed by atoms with E-state index in [9.17, 15) is 0 Å². The minimum Gasteiger partial charge on any atom is -0.497 e. The van der Waals surface area contributed by atoms with Crippen molar-refractivity contribution in [1.82, 2.24) is 5.32 Å². The summed E-state index contributed by atoms with van der Waals surface area (Å²) < 4.78 is 15.1. The lowest BCUT2D eigenvalue weighted by molar-refractivity contribution is 0.177. The van der Waals surface area contributed by atoms with Gasteiger partial charge in [-0.1, -0.05) is 32.1 Å². The Morgan fingerprint density at radius 1 is 1.12 bits per heavy atom. The van der Waals surface area contributed by atoms with Crippen LogP contribution in [0.2, 0.25) is 0 Å². The van der Waals surface area contributed by atoms with Crippen LogP contribution < -0.4 is 15.8 Å². The number of nitrogens with two attached hydrogens (primary N) is 1. The average Bonchev–Trinajstić information content (AvgIpc) is 2.72. The highest BCUT2D eigenvalue weighted by Gasteiger charge is 1.90. The van der Waals surface area contributed by atoms with Crippen LogP contribution in [0.15, 0.2) is 48.3 Å². The molecule has 0 aromatic heterocycles. The molecule has 0 aliphatic carbocycles. The molecule has 0 atom stereocenters. The van der Waals surface area contributed by atoms with Gasteiger partial charge in [0.15, 0.2) is 0 Å². The van der Waals surface area contributed by atoms with Crippen molar-refractivity contribution in [2.45, 2.75) is 34.2 Å². The molecule has 1 aromatic carbocycles. The quantitative estimate of drug-likeness (QED) is 0.410. The Bertz CT molecular complexity index is 429. The van der Waals surface area contributed by atoms with E-state index in [0.717, 1.165) is 24.7 Å². The molecule has 0 saturated carbocycles. The van der Waals surface area contributed by atoms with Crippen molar-refractivity contribution in [2.24, 2.45) is 5.73 Å². The van der Waals surface area contributed by atoms with Crippen molar-refractivity contribution in [1.29, 1.82) is 0 Å². The molecule has 0 radical (unpaired) electrons. The van der Waals surface area contributed by atoms with Crippen LogP contribution in [0.1, 0.15) is 33.3 Å². The summed E-state index contributed by atoms with van der Waals surface area (Å²) in [5.74, 6) is 1.77. The van der Waals surface area contributed by atoms with Gasteiger partial charge in [-0.05, 0) is 57.8 Å². The highest BCUT2D eigenvalue weighted by molar-refractivity contribution is 5.26. The minimum absolute atomic E-state index is 0.650. The molecular weight excluding hydrogens is 328 g/mol. The molecule has 0 bridgehead atoms. The van der Waals surface area contributed by atoms with Crippen LogP contribution in [0.25, 0.3) is 0 Å². The SMILES string of the molecule is C/C=C(\C=C\COCC)OC.CC.CN.CNCc1ccc(OC)cc1. The smallest absolute Gasteiger partial charge is 0.118 e. The van der Waals surface area contributed by atoms with Gasteiger partial charge < -0.3 is 25.3 Å². The first-order chi connectivity index (χ1) is 12.7. The standard InChI is InChI=1S/C9H13NO.C9H16O2.C2H6.CH5N/c1-10-7-8-3-5-9(11-2)6-4-8;1-4-9(10-3)7-6-8-11-5-2;2*1-2/h3-6,10H,7H2,1-2H3;4,6-7H,5,8H2,1-3H3;1-2H3;2H2,1H3/b;7-6+,9-4+;;. The van der Waals surface area contributed by atoms with E-state index >= 15 is 0 Å². The van der Waals surface area contributed by atoms with Crippen LogP contribution in [-0.4, -0.2) is 41.5 Å². The van der Waals surface area contributed by atoms with Crippen LogP contribution >= 0.6 is 0 Å². The molecule has 26 heavy (non-hydrogen) atoms. The maximum atomic E-state index is 5.10. The summed E-state index contributed by atoms with van der Waals surface area (Å²) in [6, 6.07) is 8.03. The van der Waals surface area contributed by atoms with Crippen LogP contribution in [0.3, 0.4) is 0 Å². The second kappa shape index (κ2) is 25.4. The summed E-state index contributed by atoms with van der Waals surface area (Å²) in [5.41, 5.74) is 5.77. The number of nitrogens with one attached hydrogen (secondary N) is 1. The fourth-order valence-corrected chi connectivity index (χ4v) is 1.58. The highest BCUT2D eigenvalue weighted by atomic mass is 16.5. The number of rotatable bonds is 8. The lowest BCUT2D eigenvalue weighted by Crippen LogP contribution is -2.04. The molecule has 0 aliphatic heterocycles. The number of benzene rings is 1. The Balaban J connectivity index is -0.000000341. The minimum atomic E-state index is 0.650. The van der Waals surface area contributed by atoms with E-state index in [1.807, 2.05) is 65.1 Å². The molecule has 1 rings (SSSR count). The third-order valence-corrected chi connectivity index (χ3v) is 2.76. The van der Waals surface area contributed by atoms with E-state index < -0.39 is 0 Å². The zero-order valence-electron chi connectivity index (χ0n) is 18.0. The second-order valence-corrected chi connectivity index (χ2v) is 4.34. The third-order valence-electron chi connectivity index (χ3n) is 2.76. The van der Waals surface area contributed by atoms with Gasteiger partial charge in [-0.2, -0.15) is 0 Å². The Morgan fingerprint density at radius 2 is 1.69 bits per heavy atom. The fraction of sp³-hybridized carbons (Fsp3) is 0.524. The fourth-order valence-electron chi connectivity index (χ4n) is 1.58. The third kappa shape index (κ3) is 18.5. The van der Waals surface area contributed by atoms with Gasteiger partial charge >= 0.3 is 0 Å². The first-order valence-electron chi connectivity index (χ1n) is 9.01. The zero-order chi connectivity index (χ0) is 20.6. The number of hydrogen-bond donors (Lipinski definition) is 2. The number of ether oxygens (including phenoxy) is 3. The summed E-state index contributed by atoms with van der Waals surface area (Å²) in [6.45, 7) is 10.2. The van der Waals surface area contributed by atoms with Crippen LogP contribution in [-0.2, 0) is 16.0 Å². The molecule has 0 saturated heterocycles. The molecule has 3 N–H and O–H groups in total. The van der Waals surface area contributed by atoms with Gasteiger partial charge in [0.1, 0.15) is 11.5 Å². The van der Waals surface area contributed by atoms with Crippen LogP contribution in [0.4, 0.5) is 0 Å². The van der Waals surface area contributed by atoms with Gasteiger partial charge in [0.2, 0.25) is 0 Å². The summed E-state index contributed by atoms with van der Waals surface area (Å²) in [4.78, 5) is 0. The molecule has 5 nitrogen and oxygen atoms in total. The van der Waals surface area contributed by atoms with Crippen molar-refractivity contribution in [3.05, 3.63) is 53.8 Å².